The first kappa shape index (κ1) is 25.5. The van der Waals surface area contributed by atoms with Crippen molar-refractivity contribution in [1.29, 1.82) is 0 Å². The van der Waals surface area contributed by atoms with Crippen molar-refractivity contribution in [3.63, 3.8) is 0 Å². The number of carbonyl (C=O) groups excluding carboxylic acids is 2. The molecule has 0 radical (unpaired) electrons. The molecule has 2 aromatic rings. The summed E-state index contributed by atoms with van der Waals surface area (Å²) < 4.78 is 63.8. The molecule has 1 fully saturated rings. The summed E-state index contributed by atoms with van der Waals surface area (Å²) in [5, 5.41) is 2.90. The topological polar surface area (TPSA) is 95.6 Å². The lowest BCUT2D eigenvalue weighted by Crippen LogP contribution is -2.43. The number of amides is 2. The Labute approximate surface area is 196 Å². The summed E-state index contributed by atoms with van der Waals surface area (Å²) >= 11 is 0. The summed E-state index contributed by atoms with van der Waals surface area (Å²) in [4.78, 5) is 27.0. The van der Waals surface area contributed by atoms with Gasteiger partial charge in [0.15, 0.2) is 0 Å². The van der Waals surface area contributed by atoms with Gasteiger partial charge in [0.05, 0.1) is 23.5 Å². The third-order valence-electron chi connectivity index (χ3n) is 5.69. The van der Waals surface area contributed by atoms with Gasteiger partial charge in [-0.3, -0.25) is 14.3 Å². The number of halogens is 3. The Hall–Kier alpha value is -3.08. The number of rotatable bonds is 6. The van der Waals surface area contributed by atoms with Gasteiger partial charge in [0.2, 0.25) is 15.9 Å². The Morgan fingerprint density at radius 1 is 1.03 bits per heavy atom. The lowest BCUT2D eigenvalue weighted by molar-refractivity contribution is -0.137. The number of alkyl halides is 3. The van der Waals surface area contributed by atoms with Crippen LogP contribution in [0, 0.1) is 5.92 Å². The van der Waals surface area contributed by atoms with Crippen LogP contribution in [-0.4, -0.2) is 44.5 Å². The lowest BCUT2D eigenvalue weighted by atomic mass is 9.94. The molecule has 11 heteroatoms. The van der Waals surface area contributed by atoms with Crippen molar-refractivity contribution in [3.8, 4) is 0 Å². The Morgan fingerprint density at radius 2 is 1.62 bits per heavy atom. The van der Waals surface area contributed by atoms with E-state index in [9.17, 15) is 31.2 Å². The van der Waals surface area contributed by atoms with Gasteiger partial charge < -0.3 is 10.2 Å². The third-order valence-corrected chi connectivity index (χ3v) is 6.28. The molecule has 0 bridgehead atoms. The molecule has 0 aromatic heterocycles. The summed E-state index contributed by atoms with van der Waals surface area (Å²) in [6.45, 7) is 2.36. The molecule has 1 saturated heterocycles. The van der Waals surface area contributed by atoms with Crippen molar-refractivity contribution in [2.24, 2.45) is 5.92 Å². The number of likely N-dealkylation sites (tertiary alicyclic amines) is 1. The van der Waals surface area contributed by atoms with Gasteiger partial charge in [0.1, 0.15) is 0 Å². The van der Waals surface area contributed by atoms with Gasteiger partial charge in [-0.2, -0.15) is 13.2 Å². The maximum atomic E-state index is 12.8. The number of hydrogen-bond acceptors (Lipinski definition) is 4. The van der Waals surface area contributed by atoms with Crippen molar-refractivity contribution in [2.75, 3.05) is 24.1 Å². The first-order valence-corrected chi connectivity index (χ1v) is 12.6. The molecule has 0 spiro atoms. The van der Waals surface area contributed by atoms with E-state index in [1.807, 2.05) is 0 Å². The van der Waals surface area contributed by atoms with E-state index < -0.39 is 27.8 Å². The molecular formula is C23H26F3N3O4S. The van der Waals surface area contributed by atoms with Crippen LogP contribution in [0.5, 0.6) is 0 Å². The summed E-state index contributed by atoms with van der Waals surface area (Å²) in [6, 6.07) is 10.4. The van der Waals surface area contributed by atoms with Crippen LogP contribution in [0.1, 0.15) is 47.3 Å². The summed E-state index contributed by atoms with van der Waals surface area (Å²) in [5.74, 6) is -0.917. The second kappa shape index (κ2) is 10.0. The van der Waals surface area contributed by atoms with Crippen molar-refractivity contribution in [2.45, 2.75) is 32.0 Å². The maximum absolute atomic E-state index is 12.8. The van der Waals surface area contributed by atoms with Gasteiger partial charge in [0, 0.05) is 24.6 Å². The largest absolute Gasteiger partial charge is 0.416 e. The van der Waals surface area contributed by atoms with Gasteiger partial charge in [0.25, 0.3) is 5.91 Å². The van der Waals surface area contributed by atoms with E-state index in [0.717, 1.165) is 30.5 Å². The minimum atomic E-state index is -4.47. The van der Waals surface area contributed by atoms with E-state index in [1.54, 1.807) is 31.2 Å². The highest BCUT2D eigenvalue weighted by molar-refractivity contribution is 7.92. The number of carbonyl (C=O) groups is 2. The van der Waals surface area contributed by atoms with Crippen molar-refractivity contribution >= 4 is 27.5 Å². The predicted molar refractivity (Wildman–Crippen MR) is 122 cm³/mol. The smallest absolute Gasteiger partial charge is 0.349 e. The lowest BCUT2D eigenvalue weighted by Gasteiger charge is -2.32. The summed E-state index contributed by atoms with van der Waals surface area (Å²) in [7, 11) is -3.48. The van der Waals surface area contributed by atoms with Crippen molar-refractivity contribution in [3.05, 3.63) is 65.2 Å². The van der Waals surface area contributed by atoms with E-state index in [4.69, 9.17) is 0 Å². The monoisotopic (exact) mass is 497 g/mol. The number of nitrogens with zero attached hydrogens (tertiary/aromatic N) is 1. The molecule has 0 aliphatic carbocycles. The van der Waals surface area contributed by atoms with E-state index >= 15 is 0 Å². The second-order valence-corrected chi connectivity index (χ2v) is 10.1. The Morgan fingerprint density at radius 3 is 2.18 bits per heavy atom. The number of para-hydroxylation sites is 1. The maximum Gasteiger partial charge on any atom is 0.416 e. The zero-order valence-electron chi connectivity index (χ0n) is 18.7. The quantitative estimate of drug-likeness (QED) is 0.635. The molecule has 2 amide bonds. The van der Waals surface area contributed by atoms with Gasteiger partial charge in [-0.25, -0.2) is 8.42 Å². The standard InChI is InChI=1S/C23H26F3N3O4S/c1-15(19-5-3-4-6-20(19)28-34(2,32)33)27-21(30)16-11-13-29(14-12-16)22(31)17-7-9-18(10-8-17)23(24,25)26/h3-10,15-16,28H,11-14H2,1-2H3,(H,27,30). The van der Waals surface area contributed by atoms with Crippen molar-refractivity contribution < 1.29 is 31.2 Å². The Kier molecular flexibility index (Phi) is 7.54. The van der Waals surface area contributed by atoms with Gasteiger partial charge in [-0.05, 0) is 55.7 Å². The first-order valence-electron chi connectivity index (χ1n) is 10.7. The average Bonchev–Trinajstić information content (AvgIpc) is 2.77. The number of hydrogen-bond donors (Lipinski definition) is 2. The fraction of sp³-hybridized carbons (Fsp3) is 0.391. The van der Waals surface area contributed by atoms with E-state index in [2.05, 4.69) is 10.0 Å². The number of nitrogens with one attached hydrogen (secondary N) is 2. The van der Waals surface area contributed by atoms with Crippen LogP contribution in [-0.2, 0) is 21.0 Å². The van der Waals surface area contributed by atoms with Crippen molar-refractivity contribution in [1.82, 2.24) is 10.2 Å². The molecule has 1 aliphatic rings. The molecule has 1 atom stereocenters. The molecule has 1 unspecified atom stereocenters. The van der Waals surface area contributed by atoms with Crippen LogP contribution in [0.25, 0.3) is 0 Å². The SMILES string of the molecule is CC(NC(=O)C1CCN(C(=O)c2ccc(C(F)(F)F)cc2)CC1)c1ccccc1NS(C)(=O)=O. The number of sulfonamides is 1. The fourth-order valence-corrected chi connectivity index (χ4v) is 4.49. The highest BCUT2D eigenvalue weighted by Crippen LogP contribution is 2.30. The molecule has 2 aromatic carbocycles. The Balaban J connectivity index is 1.57. The fourth-order valence-electron chi connectivity index (χ4n) is 3.91. The van der Waals surface area contributed by atoms with Crippen LogP contribution in [0.2, 0.25) is 0 Å². The van der Waals surface area contributed by atoms with E-state index in [1.165, 1.54) is 4.90 Å². The molecule has 184 valence electrons. The highest BCUT2D eigenvalue weighted by atomic mass is 32.2. The number of anilines is 1. The number of benzene rings is 2. The van der Waals surface area contributed by atoms with E-state index in [-0.39, 0.29) is 23.3 Å². The Bertz CT molecular complexity index is 1140. The molecule has 0 saturated carbocycles. The molecule has 1 heterocycles. The summed E-state index contributed by atoms with van der Waals surface area (Å²) in [5.41, 5.74) is 0.354. The molecule has 34 heavy (non-hydrogen) atoms. The van der Waals surface area contributed by atoms with Gasteiger partial charge >= 0.3 is 6.18 Å². The summed E-state index contributed by atoms with van der Waals surface area (Å²) in [6.07, 6.45) is -2.60. The third kappa shape index (κ3) is 6.49. The average molecular weight is 498 g/mol. The zero-order valence-corrected chi connectivity index (χ0v) is 19.5. The molecular weight excluding hydrogens is 471 g/mol. The van der Waals surface area contributed by atoms with Gasteiger partial charge in [-0.1, -0.05) is 18.2 Å². The zero-order chi connectivity index (χ0) is 25.1. The molecule has 3 rings (SSSR count). The first-order chi connectivity index (χ1) is 15.8. The van der Waals surface area contributed by atoms with Crippen LogP contribution in [0.15, 0.2) is 48.5 Å². The van der Waals surface area contributed by atoms with E-state index in [0.29, 0.717) is 37.2 Å². The minimum Gasteiger partial charge on any atom is -0.349 e. The van der Waals surface area contributed by atoms with Crippen LogP contribution in [0.3, 0.4) is 0 Å². The highest BCUT2D eigenvalue weighted by Gasteiger charge is 2.32. The van der Waals surface area contributed by atoms with Crippen LogP contribution >= 0.6 is 0 Å². The predicted octanol–water partition coefficient (Wildman–Crippen LogP) is 3.81. The molecule has 7 nitrogen and oxygen atoms in total. The molecule has 2 N–H and O–H groups in total. The molecule has 1 aliphatic heterocycles. The van der Waals surface area contributed by atoms with Crippen LogP contribution < -0.4 is 10.0 Å². The second-order valence-electron chi connectivity index (χ2n) is 8.33. The van der Waals surface area contributed by atoms with Crippen LogP contribution in [0.4, 0.5) is 18.9 Å². The van der Waals surface area contributed by atoms with Gasteiger partial charge in [-0.15, -0.1) is 0 Å². The number of piperidine rings is 1. The minimum absolute atomic E-state index is 0.166. The normalized spacial score (nSPS) is 16.1.